The maximum absolute atomic E-state index is 13.1. The highest BCUT2D eigenvalue weighted by Crippen LogP contribution is 2.25. The highest BCUT2D eigenvalue weighted by molar-refractivity contribution is 7.89. The molecule has 11 heteroatoms. The van der Waals surface area contributed by atoms with E-state index in [1.807, 2.05) is 24.3 Å². The number of rotatable bonds is 5. The van der Waals surface area contributed by atoms with Crippen LogP contribution in [0.1, 0.15) is 5.56 Å². The number of sulfonamides is 1. The van der Waals surface area contributed by atoms with E-state index in [2.05, 4.69) is 15.2 Å². The Morgan fingerprint density at radius 3 is 2.47 bits per heavy atom. The van der Waals surface area contributed by atoms with Gasteiger partial charge in [-0.15, -0.1) is 0 Å². The number of nitrogens with zero attached hydrogens (tertiary/aromatic N) is 3. The molecule has 0 spiro atoms. The van der Waals surface area contributed by atoms with Crippen LogP contribution in [0.5, 0.6) is 0 Å². The SMILES string of the molecule is O=C1CN(S(=O)(=O)c2cc3cc(Cl)ccc3[nH]2)CCN1Cc1ccc(-c2ccc(=O)[nH]n2)cc1. The van der Waals surface area contributed by atoms with Crippen molar-refractivity contribution in [3.05, 3.63) is 81.6 Å². The summed E-state index contributed by atoms with van der Waals surface area (Å²) in [6.07, 6.45) is 0. The van der Waals surface area contributed by atoms with E-state index in [1.54, 1.807) is 29.2 Å². The van der Waals surface area contributed by atoms with Crippen LogP contribution in [-0.4, -0.2) is 58.3 Å². The van der Waals surface area contributed by atoms with Crippen LogP contribution in [0.4, 0.5) is 0 Å². The van der Waals surface area contributed by atoms with Crippen molar-refractivity contribution in [1.29, 1.82) is 0 Å². The number of benzene rings is 2. The second kappa shape index (κ2) is 8.71. The molecule has 5 rings (SSSR count). The van der Waals surface area contributed by atoms with E-state index in [-0.39, 0.29) is 36.1 Å². The van der Waals surface area contributed by atoms with Gasteiger partial charge in [-0.1, -0.05) is 35.9 Å². The van der Waals surface area contributed by atoms with Crippen LogP contribution in [0.25, 0.3) is 22.2 Å². The van der Waals surface area contributed by atoms with Crippen molar-refractivity contribution in [1.82, 2.24) is 24.4 Å². The number of piperazine rings is 1. The van der Waals surface area contributed by atoms with Gasteiger partial charge in [-0.25, -0.2) is 13.5 Å². The topological polar surface area (TPSA) is 119 Å². The van der Waals surface area contributed by atoms with Crippen LogP contribution in [-0.2, 0) is 21.4 Å². The van der Waals surface area contributed by atoms with E-state index < -0.39 is 10.0 Å². The fraction of sp³-hybridized carbons (Fsp3) is 0.174. The summed E-state index contributed by atoms with van der Waals surface area (Å²) in [4.78, 5) is 28.5. The van der Waals surface area contributed by atoms with E-state index in [4.69, 9.17) is 11.6 Å². The lowest BCUT2D eigenvalue weighted by Gasteiger charge is -2.33. The van der Waals surface area contributed by atoms with Crippen molar-refractivity contribution in [2.45, 2.75) is 11.6 Å². The van der Waals surface area contributed by atoms with E-state index in [9.17, 15) is 18.0 Å². The van der Waals surface area contributed by atoms with Gasteiger partial charge in [0, 0.05) is 47.2 Å². The molecule has 0 aliphatic carbocycles. The first kappa shape index (κ1) is 22.3. The van der Waals surface area contributed by atoms with E-state index in [0.29, 0.717) is 28.2 Å². The third kappa shape index (κ3) is 4.35. The van der Waals surface area contributed by atoms with Crippen LogP contribution >= 0.6 is 11.6 Å². The van der Waals surface area contributed by atoms with Gasteiger partial charge in [0.25, 0.3) is 15.6 Å². The molecule has 9 nitrogen and oxygen atoms in total. The normalized spacial score (nSPS) is 15.2. The van der Waals surface area contributed by atoms with Gasteiger partial charge >= 0.3 is 0 Å². The molecule has 0 radical (unpaired) electrons. The first-order valence-corrected chi connectivity index (χ1v) is 12.3. The third-order valence-electron chi connectivity index (χ3n) is 5.76. The summed E-state index contributed by atoms with van der Waals surface area (Å²) in [6.45, 7) is 0.631. The number of hydrogen-bond donors (Lipinski definition) is 2. The first-order chi connectivity index (χ1) is 16.3. The second-order valence-electron chi connectivity index (χ2n) is 8.02. The number of hydrogen-bond acceptors (Lipinski definition) is 5. The summed E-state index contributed by atoms with van der Waals surface area (Å²) >= 11 is 6.00. The van der Waals surface area contributed by atoms with Crippen LogP contribution in [0.15, 0.2) is 70.5 Å². The molecule has 34 heavy (non-hydrogen) atoms. The zero-order valence-corrected chi connectivity index (χ0v) is 19.4. The highest BCUT2D eigenvalue weighted by atomic mass is 35.5. The monoisotopic (exact) mass is 497 g/mol. The van der Waals surface area contributed by atoms with Crippen LogP contribution < -0.4 is 5.56 Å². The summed E-state index contributed by atoms with van der Waals surface area (Å²) in [6, 6.07) is 17.2. The minimum Gasteiger partial charge on any atom is -0.345 e. The van der Waals surface area contributed by atoms with Crippen molar-refractivity contribution in [3.63, 3.8) is 0 Å². The Kier molecular flexibility index (Phi) is 5.72. The molecule has 174 valence electrons. The molecule has 1 aliphatic heterocycles. The molecule has 2 aromatic carbocycles. The number of nitrogens with one attached hydrogen (secondary N) is 2. The molecule has 0 saturated carbocycles. The zero-order valence-electron chi connectivity index (χ0n) is 17.9. The van der Waals surface area contributed by atoms with Gasteiger partial charge in [-0.05, 0) is 35.9 Å². The Morgan fingerprint density at radius 2 is 1.76 bits per heavy atom. The Morgan fingerprint density at radius 1 is 0.971 bits per heavy atom. The lowest BCUT2D eigenvalue weighted by molar-refractivity contribution is -0.134. The Labute approximate surface area is 200 Å². The molecule has 1 aliphatic rings. The lowest BCUT2D eigenvalue weighted by Crippen LogP contribution is -2.51. The maximum atomic E-state index is 13.1. The molecule has 0 bridgehead atoms. The molecule has 3 heterocycles. The number of aromatic amines is 2. The van der Waals surface area contributed by atoms with Gasteiger partial charge in [0.05, 0.1) is 12.2 Å². The van der Waals surface area contributed by atoms with Gasteiger partial charge in [0.2, 0.25) is 5.91 Å². The van der Waals surface area contributed by atoms with Crippen molar-refractivity contribution in [3.8, 4) is 11.3 Å². The van der Waals surface area contributed by atoms with E-state index in [1.165, 1.54) is 16.4 Å². The fourth-order valence-electron chi connectivity index (χ4n) is 3.92. The maximum Gasteiger partial charge on any atom is 0.264 e. The van der Waals surface area contributed by atoms with Crippen LogP contribution in [0.3, 0.4) is 0 Å². The largest absolute Gasteiger partial charge is 0.345 e. The van der Waals surface area contributed by atoms with Gasteiger partial charge < -0.3 is 9.88 Å². The second-order valence-corrected chi connectivity index (χ2v) is 10.4. The zero-order chi connectivity index (χ0) is 23.9. The quantitative estimate of drug-likeness (QED) is 0.439. The average molecular weight is 498 g/mol. The molecule has 0 atom stereocenters. The van der Waals surface area contributed by atoms with Crippen LogP contribution in [0, 0.1) is 0 Å². The number of H-pyrrole nitrogens is 2. The minimum atomic E-state index is -3.85. The van der Waals surface area contributed by atoms with E-state index >= 15 is 0 Å². The van der Waals surface area contributed by atoms with Gasteiger partial charge in [0.1, 0.15) is 5.03 Å². The Balaban J connectivity index is 1.26. The van der Waals surface area contributed by atoms with Gasteiger partial charge in [-0.2, -0.15) is 9.40 Å². The molecular formula is C23H20ClN5O4S. The van der Waals surface area contributed by atoms with Gasteiger partial charge in [-0.3, -0.25) is 9.59 Å². The van der Waals surface area contributed by atoms with Crippen molar-refractivity contribution < 1.29 is 13.2 Å². The predicted molar refractivity (Wildman–Crippen MR) is 128 cm³/mol. The Hall–Kier alpha value is -3.47. The smallest absolute Gasteiger partial charge is 0.264 e. The van der Waals surface area contributed by atoms with Crippen molar-refractivity contribution >= 4 is 38.4 Å². The van der Waals surface area contributed by atoms with E-state index in [0.717, 1.165) is 11.1 Å². The summed E-state index contributed by atoms with van der Waals surface area (Å²) in [5, 5.41) is 7.66. The Bertz CT molecular complexity index is 1530. The number of fused-ring (bicyclic) bond motifs is 1. The molecular weight excluding hydrogens is 478 g/mol. The van der Waals surface area contributed by atoms with Gasteiger partial charge in [0.15, 0.2) is 0 Å². The summed E-state index contributed by atoms with van der Waals surface area (Å²) in [7, 11) is -3.85. The minimum absolute atomic E-state index is 0.0393. The summed E-state index contributed by atoms with van der Waals surface area (Å²) < 4.78 is 27.4. The molecule has 4 aromatic rings. The fourth-order valence-corrected chi connectivity index (χ4v) is 5.50. The molecule has 1 fully saturated rings. The summed E-state index contributed by atoms with van der Waals surface area (Å²) in [5.74, 6) is -0.264. The number of aromatic nitrogens is 3. The molecule has 2 N–H and O–H groups in total. The first-order valence-electron chi connectivity index (χ1n) is 10.5. The standard InChI is InChI=1S/C23H20ClN5O4S/c24-18-5-6-19-17(11-18)12-22(25-19)34(32,33)29-10-9-28(23(31)14-29)13-15-1-3-16(4-2-15)20-7-8-21(30)27-26-20/h1-8,11-12,25H,9-10,13-14H2,(H,27,30). The predicted octanol–water partition coefficient (Wildman–Crippen LogP) is 2.60. The number of halogens is 1. The summed E-state index contributed by atoms with van der Waals surface area (Å²) in [5.41, 5.74) is 2.77. The molecule has 2 aromatic heterocycles. The van der Waals surface area contributed by atoms with Crippen molar-refractivity contribution in [2.24, 2.45) is 0 Å². The third-order valence-corrected chi connectivity index (χ3v) is 7.76. The number of carbonyl (C=O) groups excluding carboxylic acids is 1. The molecule has 1 saturated heterocycles. The number of amides is 1. The average Bonchev–Trinajstić information content (AvgIpc) is 3.25. The lowest BCUT2D eigenvalue weighted by atomic mass is 10.1. The molecule has 0 unspecified atom stereocenters. The highest BCUT2D eigenvalue weighted by Gasteiger charge is 2.33. The van der Waals surface area contributed by atoms with Crippen LogP contribution in [0.2, 0.25) is 5.02 Å². The molecule has 1 amide bonds. The number of carbonyl (C=O) groups is 1. The van der Waals surface area contributed by atoms with Crippen molar-refractivity contribution in [2.75, 3.05) is 19.6 Å².